The van der Waals surface area contributed by atoms with E-state index >= 15 is 0 Å². The molecule has 0 aromatic heterocycles. The average Bonchev–Trinajstić information content (AvgIpc) is 2.63. The molecule has 0 spiro atoms. The number of halogens is 1. The van der Waals surface area contributed by atoms with Gasteiger partial charge in [0.1, 0.15) is 0 Å². The molecule has 72 valence electrons. The molecule has 0 heterocycles. The van der Waals surface area contributed by atoms with Crippen LogP contribution in [0.15, 0.2) is 47.0 Å². The first-order chi connectivity index (χ1) is 7.27. The molecule has 2 aliphatic rings. The zero-order valence-corrected chi connectivity index (χ0v) is 8.58. The van der Waals surface area contributed by atoms with Gasteiger partial charge in [-0.2, -0.15) is 0 Å². The van der Waals surface area contributed by atoms with Crippen LogP contribution in [0.2, 0.25) is 0 Å². The Labute approximate surface area is 92.4 Å². The van der Waals surface area contributed by atoms with Gasteiger partial charge in [0.05, 0.1) is 5.03 Å². The maximum absolute atomic E-state index is 11.8. The minimum absolute atomic E-state index is 0.0784. The highest BCUT2D eigenvalue weighted by Crippen LogP contribution is 2.39. The van der Waals surface area contributed by atoms with Crippen LogP contribution in [0, 0.1) is 0 Å². The summed E-state index contributed by atoms with van der Waals surface area (Å²) in [6.45, 7) is 0. The minimum Gasteiger partial charge on any atom is -0.288 e. The van der Waals surface area contributed by atoms with E-state index in [1.165, 1.54) is 0 Å². The van der Waals surface area contributed by atoms with E-state index in [9.17, 15) is 4.79 Å². The van der Waals surface area contributed by atoms with Crippen LogP contribution in [0.3, 0.4) is 0 Å². The molecule has 15 heavy (non-hydrogen) atoms. The van der Waals surface area contributed by atoms with Crippen molar-refractivity contribution >= 4 is 29.0 Å². The Morgan fingerprint density at radius 3 is 2.67 bits per heavy atom. The Morgan fingerprint density at radius 1 is 1.00 bits per heavy atom. The van der Waals surface area contributed by atoms with Crippen molar-refractivity contribution in [1.82, 2.24) is 0 Å². The molecule has 0 aliphatic heterocycles. The first-order valence-electron chi connectivity index (χ1n) is 4.71. The first kappa shape index (κ1) is 8.69. The van der Waals surface area contributed by atoms with E-state index in [0.29, 0.717) is 5.57 Å². The molecule has 0 saturated heterocycles. The molecule has 0 amide bonds. The van der Waals surface area contributed by atoms with E-state index in [4.69, 9.17) is 11.6 Å². The van der Waals surface area contributed by atoms with E-state index in [-0.39, 0.29) is 10.8 Å². The lowest BCUT2D eigenvalue weighted by molar-refractivity contribution is -0.111. The van der Waals surface area contributed by atoms with Crippen LogP contribution >= 0.6 is 11.6 Å². The fraction of sp³-hybridized carbons (Fsp3) is 0. The predicted octanol–water partition coefficient (Wildman–Crippen LogP) is 3.17. The number of ketones is 1. The molecule has 3 rings (SSSR count). The maximum atomic E-state index is 11.8. The van der Waals surface area contributed by atoms with Crippen LogP contribution in [0.5, 0.6) is 0 Å². The summed E-state index contributed by atoms with van der Waals surface area (Å²) in [4.78, 5) is 11.8. The van der Waals surface area contributed by atoms with Crippen molar-refractivity contribution in [1.29, 1.82) is 0 Å². The highest BCUT2D eigenvalue weighted by molar-refractivity contribution is 6.48. The Kier molecular flexibility index (Phi) is 1.70. The molecule has 2 aliphatic carbocycles. The number of carbonyl (C=O) groups is 1. The van der Waals surface area contributed by atoms with Gasteiger partial charge < -0.3 is 0 Å². The van der Waals surface area contributed by atoms with Crippen molar-refractivity contribution in [3.8, 4) is 0 Å². The second-order valence-electron chi connectivity index (χ2n) is 3.57. The summed E-state index contributed by atoms with van der Waals surface area (Å²) in [5.41, 5.74) is 3.90. The average molecular weight is 215 g/mol. The summed E-state index contributed by atoms with van der Waals surface area (Å²) >= 11 is 5.80. The van der Waals surface area contributed by atoms with Gasteiger partial charge in [-0.25, -0.2) is 0 Å². The third-order valence-electron chi connectivity index (χ3n) is 2.70. The second kappa shape index (κ2) is 2.94. The van der Waals surface area contributed by atoms with Crippen molar-refractivity contribution < 1.29 is 4.79 Å². The zero-order valence-electron chi connectivity index (χ0n) is 7.83. The maximum Gasteiger partial charge on any atom is 0.204 e. The number of carbonyl (C=O) groups excluding carboxylic acids is 1. The molecule has 0 atom stereocenters. The molecule has 0 saturated carbocycles. The third-order valence-corrected chi connectivity index (χ3v) is 3.00. The van der Waals surface area contributed by atoms with E-state index in [0.717, 1.165) is 16.7 Å². The van der Waals surface area contributed by atoms with Gasteiger partial charge in [-0.1, -0.05) is 41.9 Å². The normalized spacial score (nSPS) is 17.7. The first-order valence-corrected chi connectivity index (χ1v) is 5.09. The Morgan fingerprint density at radius 2 is 1.80 bits per heavy atom. The van der Waals surface area contributed by atoms with Gasteiger partial charge >= 0.3 is 0 Å². The highest BCUT2D eigenvalue weighted by atomic mass is 35.5. The lowest BCUT2D eigenvalue weighted by Gasteiger charge is -2.09. The fourth-order valence-corrected chi connectivity index (χ4v) is 2.14. The summed E-state index contributed by atoms with van der Waals surface area (Å²) in [5.74, 6) is -0.0784. The van der Waals surface area contributed by atoms with E-state index < -0.39 is 0 Å². The van der Waals surface area contributed by atoms with E-state index in [1.807, 2.05) is 36.4 Å². The smallest absolute Gasteiger partial charge is 0.204 e. The molecule has 1 aromatic rings. The summed E-state index contributed by atoms with van der Waals surface area (Å²) < 4.78 is 0. The lowest BCUT2D eigenvalue weighted by atomic mass is 9.96. The number of hydrogen-bond acceptors (Lipinski definition) is 1. The molecule has 0 radical (unpaired) electrons. The van der Waals surface area contributed by atoms with Gasteiger partial charge in [0, 0.05) is 5.57 Å². The number of fused-ring (bicyclic) bond motifs is 3. The van der Waals surface area contributed by atoms with Crippen LogP contribution in [0.4, 0.5) is 0 Å². The van der Waals surface area contributed by atoms with Gasteiger partial charge in [0.2, 0.25) is 5.78 Å². The summed E-state index contributed by atoms with van der Waals surface area (Å²) in [6, 6.07) is 7.96. The van der Waals surface area contributed by atoms with Crippen LogP contribution in [-0.4, -0.2) is 5.78 Å². The Hall–Kier alpha value is -1.60. The molecule has 2 heteroatoms. The number of Topliss-reactive ketones (excluding diaryl/α,β-unsaturated/α-hetero) is 1. The number of rotatable bonds is 0. The van der Waals surface area contributed by atoms with Gasteiger partial charge in [-0.05, 0) is 28.9 Å². The number of benzene rings is 1. The van der Waals surface area contributed by atoms with Crippen molar-refractivity contribution in [2.75, 3.05) is 0 Å². The van der Waals surface area contributed by atoms with E-state index in [2.05, 4.69) is 0 Å². The van der Waals surface area contributed by atoms with Gasteiger partial charge in [0.25, 0.3) is 0 Å². The van der Waals surface area contributed by atoms with Crippen LogP contribution in [-0.2, 0) is 4.79 Å². The van der Waals surface area contributed by atoms with Gasteiger partial charge in [-0.3, -0.25) is 4.79 Å². The molecule has 0 bridgehead atoms. The molecule has 0 unspecified atom stereocenters. The quantitative estimate of drug-likeness (QED) is 0.648. The standard InChI is InChI=1S/C13H7ClO/c14-12-6-5-10-9-4-2-1-3-8(9)7-11(10)13(12)15/h1-7H. The lowest BCUT2D eigenvalue weighted by Crippen LogP contribution is -2.05. The molecule has 1 aromatic carbocycles. The van der Waals surface area contributed by atoms with Crippen LogP contribution < -0.4 is 0 Å². The Balaban J connectivity index is 2.26. The molecular formula is C13H7ClO. The largest absolute Gasteiger partial charge is 0.288 e. The summed E-state index contributed by atoms with van der Waals surface area (Å²) in [5, 5.41) is 0.290. The number of allylic oxidation sites excluding steroid dienone is 5. The van der Waals surface area contributed by atoms with Crippen molar-refractivity contribution in [2.24, 2.45) is 0 Å². The molecule has 1 nitrogen and oxygen atoms in total. The van der Waals surface area contributed by atoms with Crippen LogP contribution in [0.25, 0.3) is 11.6 Å². The SMILES string of the molecule is O=C1C(Cl)=CC=C2C1=Cc1ccccc12. The van der Waals surface area contributed by atoms with Crippen LogP contribution in [0.1, 0.15) is 11.1 Å². The van der Waals surface area contributed by atoms with Crippen molar-refractivity contribution in [3.63, 3.8) is 0 Å². The second-order valence-corrected chi connectivity index (χ2v) is 3.98. The minimum atomic E-state index is -0.0784. The molecular weight excluding hydrogens is 208 g/mol. The van der Waals surface area contributed by atoms with Crippen molar-refractivity contribution in [3.05, 3.63) is 58.1 Å². The fourth-order valence-electron chi connectivity index (χ4n) is 1.97. The molecule has 0 N–H and O–H groups in total. The predicted molar refractivity (Wildman–Crippen MR) is 61.3 cm³/mol. The zero-order chi connectivity index (χ0) is 10.4. The van der Waals surface area contributed by atoms with Crippen molar-refractivity contribution in [2.45, 2.75) is 0 Å². The topological polar surface area (TPSA) is 17.1 Å². The monoisotopic (exact) mass is 214 g/mol. The Bertz CT molecular complexity index is 562. The van der Waals surface area contributed by atoms with Gasteiger partial charge in [-0.15, -0.1) is 0 Å². The van der Waals surface area contributed by atoms with Gasteiger partial charge in [0.15, 0.2) is 0 Å². The summed E-state index contributed by atoms with van der Waals surface area (Å²) in [6.07, 6.45) is 5.47. The highest BCUT2D eigenvalue weighted by Gasteiger charge is 2.27. The number of hydrogen-bond donors (Lipinski definition) is 0. The van der Waals surface area contributed by atoms with E-state index in [1.54, 1.807) is 6.08 Å². The summed E-state index contributed by atoms with van der Waals surface area (Å²) in [7, 11) is 0. The third kappa shape index (κ3) is 1.13. The molecule has 0 fully saturated rings.